The average Bonchev–Trinajstić information content (AvgIpc) is 1.62. The Bertz CT molecular complexity index is 5410. The van der Waals surface area contributed by atoms with E-state index in [0.29, 0.717) is 204 Å². The first-order valence-electron chi connectivity index (χ1n) is 45.6. The summed E-state index contributed by atoms with van der Waals surface area (Å²) in [4.78, 5) is 177. The molecule has 3 aliphatic rings. The maximum atomic E-state index is 14.1. The molecule has 12 amide bonds. The molecule has 740 valence electrons. The standard InChI is InChI=1S/C91H126N20O25/c1-8-110-71(52-61(5)102-110)85(120)100-89-97-68-54-65(82(92)117)56-73(112)80(68)107(89)24-10-11-25-108-81-69(98-90(108)101-86(121)72-53-62(6)103-111(72)9-2)55-66(83(93)118)57-74(81)135-31-13-23-104-27-29-105(30-28-104)91(124)136-59-64-15-17-67(18-16-64)96-87(122)79(60(3)4)99-84(119)70-14-12-26-106(70)88(123)63(7)95-75(113)21-32-125-34-36-127-38-40-129-42-44-131-46-48-133-50-51-134-49-47-132-45-43-130-41-39-128-37-35-126-33-22-94-76(114)58-109-77(115)19-20-78(109)116/h10-11,15-20,52-57,60,63,70,79,112H,8-9,12-14,21-51,58-59H2,1-7H3,(H2,92,117)(H2,93,118)(H,94,114)(H,95,113)(H,96,122)(H,99,119)(H,97,100,120)(H,98,101,121)/b11-10+/t63-,70-,79-/m0/s1. The highest BCUT2D eigenvalue weighted by Crippen LogP contribution is 2.29. The summed E-state index contributed by atoms with van der Waals surface area (Å²) < 4.78 is 73.7. The lowest BCUT2D eigenvalue weighted by atomic mass is 10.0. The highest BCUT2D eigenvalue weighted by atomic mass is 16.6. The molecule has 45 nitrogen and oxygen atoms in total. The van der Waals surface area contributed by atoms with E-state index < -0.39 is 89.2 Å². The number of carbonyl (C=O) groups excluding carboxylic acids is 12. The van der Waals surface area contributed by atoms with Gasteiger partial charge in [-0.05, 0) is 114 Å². The lowest BCUT2D eigenvalue weighted by Gasteiger charge is -2.34. The zero-order valence-corrected chi connectivity index (χ0v) is 78.0. The molecule has 7 aromatic rings. The Morgan fingerprint density at radius 3 is 1.54 bits per heavy atom. The number of H-pyrrole nitrogens is 2. The third-order valence-corrected chi connectivity index (χ3v) is 21.8. The molecular weight excluding hydrogens is 1770 g/mol. The Morgan fingerprint density at radius 2 is 1.05 bits per heavy atom. The number of imidazole rings is 2. The number of amides is 12. The molecule has 4 aromatic heterocycles. The number of phenolic OH excluding ortho intramolecular Hbond substituents is 1. The fraction of sp³-hybridized carbons (Fsp3) is 0.538. The largest absolute Gasteiger partial charge is 0.506 e. The molecule has 0 saturated carbocycles. The summed E-state index contributed by atoms with van der Waals surface area (Å²) in [5, 5.41) is 31.2. The molecule has 136 heavy (non-hydrogen) atoms. The van der Waals surface area contributed by atoms with Gasteiger partial charge in [-0.25, -0.2) is 4.79 Å². The summed E-state index contributed by atoms with van der Waals surface area (Å²) in [6.45, 7) is 22.9. The molecule has 0 spiro atoms. The summed E-state index contributed by atoms with van der Waals surface area (Å²) in [5.41, 5.74) is 15.9. The number of phenols is 1. The minimum atomic E-state index is -0.971. The number of aromatic amines is 2. The van der Waals surface area contributed by atoms with Crippen molar-refractivity contribution in [2.45, 2.75) is 125 Å². The quantitative estimate of drug-likeness (QED) is 0.0149. The Kier molecular flexibility index (Phi) is 42.4. The van der Waals surface area contributed by atoms with Crippen molar-refractivity contribution in [1.82, 2.24) is 74.2 Å². The Hall–Kier alpha value is -12.7. The van der Waals surface area contributed by atoms with Crippen molar-refractivity contribution < 1.29 is 119 Å². The predicted molar refractivity (Wildman–Crippen MR) is 490 cm³/mol. The number of ether oxygens (including phenoxy) is 12. The number of allylic oxidation sites excluding steroid dienone is 2. The SMILES string of the molecule is CCn1nc(C)cc1C(=O)N=c1[nH]c2cc(C(N)=O)cc(O)c2n1C/C=C/Cn1c(=NC(=O)c2cc(C)nn2CC)[nH]c2cc(C(N)=O)cc(OCCCN3CCN(C(=O)OCc4ccc(NC(=O)[C@@H](NC(=O)[C@@H]5CCCN5C(=O)[C@H](C)NC(=O)CCOCCOCCOCCOCCOCCOCCOCCOCCOCCOCCNC(=O)CN5C(=O)C=CC5=O)C(C)C)cc4)CC3)c21. The highest BCUT2D eigenvalue weighted by Gasteiger charge is 2.39. The second kappa shape index (κ2) is 54.7. The maximum Gasteiger partial charge on any atom is 0.410 e. The van der Waals surface area contributed by atoms with Crippen LogP contribution in [0.1, 0.15) is 119 Å². The van der Waals surface area contributed by atoms with Crippen LogP contribution in [0.2, 0.25) is 0 Å². The number of anilines is 1. The van der Waals surface area contributed by atoms with Gasteiger partial charge in [0.25, 0.3) is 23.6 Å². The number of nitrogens with zero attached hydrogens (tertiary/aromatic N) is 12. The van der Waals surface area contributed by atoms with Crippen LogP contribution in [-0.2, 0) is 118 Å². The fourth-order valence-corrected chi connectivity index (χ4v) is 14.9. The number of aromatic nitrogens is 8. The maximum absolute atomic E-state index is 14.1. The Balaban J connectivity index is 0.564. The molecule has 3 atom stereocenters. The van der Waals surface area contributed by atoms with Crippen molar-refractivity contribution in [3.05, 3.63) is 136 Å². The van der Waals surface area contributed by atoms with Crippen LogP contribution >= 0.6 is 0 Å². The smallest absolute Gasteiger partial charge is 0.410 e. The second-order valence-electron chi connectivity index (χ2n) is 32.2. The first-order chi connectivity index (χ1) is 65.7. The number of hydrogen-bond donors (Lipinski definition) is 9. The third kappa shape index (κ3) is 32.3. The van der Waals surface area contributed by atoms with Crippen molar-refractivity contribution in [2.75, 3.05) is 196 Å². The van der Waals surface area contributed by atoms with Crippen molar-refractivity contribution in [3.63, 3.8) is 0 Å². The number of rotatable bonds is 59. The van der Waals surface area contributed by atoms with Gasteiger partial charge in [0.05, 0.1) is 161 Å². The zero-order valence-electron chi connectivity index (χ0n) is 78.0. The number of aryl methyl sites for hydroxylation is 4. The number of imide groups is 1. The average molecular weight is 1900 g/mol. The molecule has 0 radical (unpaired) electrons. The van der Waals surface area contributed by atoms with Gasteiger partial charge in [-0.2, -0.15) is 20.2 Å². The van der Waals surface area contributed by atoms with Crippen LogP contribution in [0.4, 0.5) is 10.5 Å². The molecule has 11 N–H and O–H groups in total. The van der Waals surface area contributed by atoms with E-state index in [4.69, 9.17) is 68.3 Å². The van der Waals surface area contributed by atoms with Gasteiger partial charge in [0.2, 0.25) is 52.6 Å². The normalized spacial score (nSPS) is 14.9. The molecule has 0 unspecified atom stereocenters. The minimum Gasteiger partial charge on any atom is -0.506 e. The van der Waals surface area contributed by atoms with Gasteiger partial charge in [-0.15, -0.1) is 0 Å². The minimum absolute atomic E-state index is 0.0116. The van der Waals surface area contributed by atoms with Gasteiger partial charge in [-0.1, -0.05) is 38.1 Å². The van der Waals surface area contributed by atoms with E-state index >= 15 is 0 Å². The van der Waals surface area contributed by atoms with E-state index in [1.807, 2.05) is 13.8 Å². The van der Waals surface area contributed by atoms with Crippen LogP contribution in [0.5, 0.6) is 11.5 Å². The van der Waals surface area contributed by atoms with Crippen LogP contribution in [0.3, 0.4) is 0 Å². The molecule has 0 bridgehead atoms. The van der Waals surface area contributed by atoms with Crippen LogP contribution in [0.15, 0.2) is 95.0 Å². The first kappa shape index (κ1) is 105. The zero-order chi connectivity index (χ0) is 97.4. The summed E-state index contributed by atoms with van der Waals surface area (Å²) in [7, 11) is 0. The summed E-state index contributed by atoms with van der Waals surface area (Å²) >= 11 is 0. The lowest BCUT2D eigenvalue weighted by Crippen LogP contribution is -2.56. The molecule has 2 saturated heterocycles. The predicted octanol–water partition coefficient (Wildman–Crippen LogP) is 1.84. The number of likely N-dealkylation sites (tertiary alicyclic amines) is 1. The second-order valence-corrected chi connectivity index (χ2v) is 32.2. The molecular formula is C91H126N20O25. The van der Waals surface area contributed by atoms with Crippen LogP contribution in [0.25, 0.3) is 22.1 Å². The van der Waals surface area contributed by atoms with Crippen molar-refractivity contribution >= 4 is 98.8 Å². The van der Waals surface area contributed by atoms with Crippen molar-refractivity contribution in [2.24, 2.45) is 27.4 Å². The third-order valence-electron chi connectivity index (χ3n) is 21.8. The van der Waals surface area contributed by atoms with E-state index in [1.54, 1.807) is 108 Å². The number of carbonyl (C=O) groups is 12. The van der Waals surface area contributed by atoms with Gasteiger partial charge < -0.3 is 124 Å². The van der Waals surface area contributed by atoms with Gasteiger partial charge in [-0.3, -0.25) is 71.9 Å². The molecule has 0 aliphatic carbocycles. The van der Waals surface area contributed by atoms with E-state index in [-0.39, 0.29) is 141 Å². The van der Waals surface area contributed by atoms with Gasteiger partial charge in [0.1, 0.15) is 65.2 Å². The van der Waals surface area contributed by atoms with Crippen LogP contribution in [-0.4, -0.2) is 344 Å². The molecule has 2 fully saturated rings. The number of nitrogens with two attached hydrogens (primary N) is 2. The molecule has 10 rings (SSSR count). The Morgan fingerprint density at radius 1 is 0.574 bits per heavy atom. The Labute approximate surface area is 785 Å². The van der Waals surface area contributed by atoms with Crippen LogP contribution < -0.4 is 48.7 Å². The molecule has 7 heterocycles. The van der Waals surface area contributed by atoms with Crippen LogP contribution in [0, 0.1) is 19.8 Å². The summed E-state index contributed by atoms with van der Waals surface area (Å²) in [6, 6.07) is 13.0. The topological polar surface area (TPSA) is 551 Å². The van der Waals surface area contributed by atoms with Crippen molar-refractivity contribution in [1.29, 1.82) is 0 Å². The first-order valence-corrected chi connectivity index (χ1v) is 45.6. The highest BCUT2D eigenvalue weighted by molar-refractivity contribution is 6.14. The van der Waals surface area contributed by atoms with Gasteiger partial charge >= 0.3 is 6.09 Å². The molecule has 3 aromatic carbocycles. The number of benzene rings is 3. The summed E-state index contributed by atoms with van der Waals surface area (Å²) in [6.07, 6.45) is 6.67. The number of nitrogens with one attached hydrogen (secondary N) is 6. The van der Waals surface area contributed by atoms with E-state index in [0.717, 1.165) is 17.1 Å². The van der Waals surface area contributed by atoms with E-state index in [2.05, 4.69) is 56.3 Å². The monoisotopic (exact) mass is 1900 g/mol. The number of aromatic hydroxyl groups is 1. The molecule has 45 heteroatoms. The number of piperazine rings is 1. The number of fused-ring (bicyclic) bond motifs is 2. The fourth-order valence-electron chi connectivity index (χ4n) is 14.9. The number of primary amides is 2. The summed E-state index contributed by atoms with van der Waals surface area (Å²) in [5.74, 6) is -6.42. The van der Waals surface area contributed by atoms with Crippen molar-refractivity contribution in [3.8, 4) is 11.5 Å². The van der Waals surface area contributed by atoms with Gasteiger partial charge in [0.15, 0.2) is 0 Å². The molecule has 3 aliphatic heterocycles. The lowest BCUT2D eigenvalue weighted by molar-refractivity contribution is -0.141. The van der Waals surface area contributed by atoms with E-state index in [9.17, 15) is 62.6 Å². The van der Waals surface area contributed by atoms with E-state index in [1.165, 1.54) is 27.8 Å². The number of hydrogen-bond acceptors (Lipinski definition) is 28. The van der Waals surface area contributed by atoms with Gasteiger partial charge in [0, 0.05) is 107 Å².